The Morgan fingerprint density at radius 2 is 1.77 bits per heavy atom. The van der Waals surface area contributed by atoms with Crippen LogP contribution in [0.15, 0.2) is 35.5 Å². The maximum Gasteiger partial charge on any atom is 0.435 e. The van der Waals surface area contributed by atoms with Gasteiger partial charge in [0.1, 0.15) is 5.82 Å². The van der Waals surface area contributed by atoms with E-state index in [9.17, 15) is 48.3 Å². The molecule has 43 heavy (non-hydrogen) atoms. The maximum atomic E-state index is 15.0. The third kappa shape index (κ3) is 6.46. The summed E-state index contributed by atoms with van der Waals surface area (Å²) in [5, 5.41) is 6.18. The van der Waals surface area contributed by atoms with Crippen molar-refractivity contribution in [2.45, 2.75) is 56.6 Å². The van der Waals surface area contributed by atoms with Crippen molar-refractivity contribution in [3.05, 3.63) is 69.5 Å². The summed E-state index contributed by atoms with van der Waals surface area (Å²) in [5.74, 6) is -2.72. The van der Waals surface area contributed by atoms with Gasteiger partial charge in [0.05, 0.1) is 29.1 Å². The van der Waals surface area contributed by atoms with Crippen molar-refractivity contribution in [1.29, 1.82) is 0 Å². The number of rotatable bonds is 6. The van der Waals surface area contributed by atoms with Crippen molar-refractivity contribution < 1.29 is 57.6 Å². The van der Waals surface area contributed by atoms with Crippen LogP contribution in [0.25, 0.3) is 0 Å². The lowest BCUT2D eigenvalue weighted by atomic mass is 9.84. The highest BCUT2D eigenvalue weighted by molar-refractivity contribution is 7.88. The Morgan fingerprint density at radius 3 is 2.30 bits per heavy atom. The summed E-state index contributed by atoms with van der Waals surface area (Å²) in [6.07, 6.45) is -15.5. The predicted octanol–water partition coefficient (Wildman–Crippen LogP) is 5.83. The molecule has 0 bridgehead atoms. The molecule has 2 heterocycles. The van der Waals surface area contributed by atoms with E-state index in [4.69, 9.17) is 4.84 Å². The molecule has 2 aliphatic heterocycles. The molecule has 7 nitrogen and oxygen atoms in total. The summed E-state index contributed by atoms with van der Waals surface area (Å²) in [6, 6.07) is 3.22. The molecule has 0 radical (unpaired) electrons. The highest BCUT2D eigenvalue weighted by atomic mass is 32.2. The lowest BCUT2D eigenvalue weighted by Gasteiger charge is -2.37. The number of amides is 1. The van der Waals surface area contributed by atoms with E-state index >= 15 is 4.39 Å². The monoisotopic (exact) mass is 645 g/mol. The molecule has 17 heteroatoms. The molecule has 1 N–H and O–H groups in total. The molecule has 2 aromatic carbocycles. The van der Waals surface area contributed by atoms with Gasteiger partial charge in [-0.25, -0.2) is 21.6 Å². The van der Waals surface area contributed by atoms with E-state index in [2.05, 4.69) is 10.5 Å². The van der Waals surface area contributed by atoms with Crippen molar-refractivity contribution in [2.75, 3.05) is 19.3 Å². The second-order valence-corrected chi connectivity index (χ2v) is 12.3. The first kappa shape index (κ1) is 32.6. The van der Waals surface area contributed by atoms with Crippen molar-refractivity contribution in [3.63, 3.8) is 0 Å². The molecule has 0 aromatic heterocycles. The van der Waals surface area contributed by atoms with Crippen molar-refractivity contribution in [3.8, 4) is 0 Å². The molecule has 4 rings (SSSR count). The fourth-order valence-corrected chi connectivity index (χ4v) is 5.78. The molecule has 0 spiro atoms. The Morgan fingerprint density at radius 1 is 1.12 bits per heavy atom. The van der Waals surface area contributed by atoms with Crippen molar-refractivity contribution >= 4 is 21.6 Å². The van der Waals surface area contributed by atoms with Crippen LogP contribution in [0.1, 0.15) is 63.9 Å². The smallest absolute Gasteiger partial charge is 0.374 e. The molecular formula is C26H24F9N3O4S. The number of sulfonamides is 1. The maximum absolute atomic E-state index is 15.0. The van der Waals surface area contributed by atoms with Gasteiger partial charge in [-0.1, -0.05) is 11.2 Å². The van der Waals surface area contributed by atoms with E-state index in [0.29, 0.717) is 5.56 Å². The molecular weight excluding hydrogens is 621 g/mol. The number of benzene rings is 2. The normalized spacial score (nSPS) is 20.7. The number of carbonyl (C=O) groups is 1. The third-order valence-electron chi connectivity index (χ3n) is 7.27. The highest BCUT2D eigenvalue weighted by Crippen LogP contribution is 2.50. The number of halogens is 9. The van der Waals surface area contributed by atoms with Crippen LogP contribution >= 0.6 is 0 Å². The number of carbonyl (C=O) groups excluding carboxylic acids is 1. The SMILES string of the molecule is Cc1cc(C2=NO[C@@](c3cc(C(F)(F)F)cc(C(F)F)c3F)(C(F)(F)F)CCC2)ccc1C(=O)NC1CN(S(C)(=O)=O)C1. The predicted molar refractivity (Wildman–Crippen MR) is 134 cm³/mol. The minimum atomic E-state index is -5.57. The van der Waals surface area contributed by atoms with E-state index < -0.39 is 81.7 Å². The molecule has 0 saturated carbocycles. The molecule has 2 aromatic rings. The van der Waals surface area contributed by atoms with Crippen molar-refractivity contribution in [2.24, 2.45) is 5.16 Å². The quantitative estimate of drug-likeness (QED) is 0.401. The van der Waals surface area contributed by atoms with Gasteiger partial charge in [0.25, 0.3) is 17.9 Å². The minimum Gasteiger partial charge on any atom is -0.374 e. The van der Waals surface area contributed by atoms with E-state index in [0.717, 1.165) is 6.26 Å². The van der Waals surface area contributed by atoms with E-state index in [1.165, 1.54) is 29.4 Å². The van der Waals surface area contributed by atoms with Crippen LogP contribution < -0.4 is 5.32 Å². The molecule has 0 aliphatic carbocycles. The third-order valence-corrected chi connectivity index (χ3v) is 8.50. The van der Waals surface area contributed by atoms with Gasteiger partial charge in [0, 0.05) is 30.6 Å². The minimum absolute atomic E-state index is 0.0854. The number of aryl methyl sites for hydroxylation is 1. The molecule has 0 unspecified atom stereocenters. The molecule has 236 valence electrons. The van der Waals surface area contributed by atoms with Crippen LogP contribution in [0.5, 0.6) is 0 Å². The fourth-order valence-electron chi connectivity index (χ4n) is 4.88. The van der Waals surface area contributed by atoms with Gasteiger partial charge in [-0.3, -0.25) is 4.79 Å². The van der Waals surface area contributed by atoms with E-state index in [1.54, 1.807) is 0 Å². The number of nitrogens with one attached hydrogen (secondary N) is 1. The standard InChI is InChI=1S/C26H24F9N3O4S/c1-13-8-14(5-6-17(13)23(39)36-16-11-38(12-16)43(2,40)41)20-4-3-7-24(42-37-20,26(33,34)35)19-10-15(25(30,31)32)9-18(21(19)27)22(28)29/h5-6,8-10,16,22H,3-4,7,11-12H2,1-2H3,(H,36,39)/t24-/m0/s1. The Balaban J connectivity index is 1.65. The zero-order valence-corrected chi connectivity index (χ0v) is 23.2. The first-order valence-electron chi connectivity index (χ1n) is 12.6. The molecule has 1 fully saturated rings. The van der Waals surface area contributed by atoms with Gasteiger partial charge in [0.2, 0.25) is 10.0 Å². The largest absolute Gasteiger partial charge is 0.435 e. The number of nitrogens with zero attached hydrogens (tertiary/aromatic N) is 2. The summed E-state index contributed by atoms with van der Waals surface area (Å²) < 4.78 is 150. The van der Waals surface area contributed by atoms with E-state index in [1.807, 2.05) is 0 Å². The molecule has 1 atom stereocenters. The summed E-state index contributed by atoms with van der Waals surface area (Å²) in [6.45, 7) is 1.69. The van der Waals surface area contributed by atoms with Gasteiger partial charge in [-0.05, 0) is 55.2 Å². The number of alkyl halides is 8. The van der Waals surface area contributed by atoms with E-state index in [-0.39, 0.29) is 48.5 Å². The number of hydrogen-bond acceptors (Lipinski definition) is 5. The molecule has 1 saturated heterocycles. The van der Waals surface area contributed by atoms with Crippen LogP contribution in [-0.2, 0) is 26.6 Å². The second kappa shape index (κ2) is 11.3. The topological polar surface area (TPSA) is 88.1 Å². The summed E-state index contributed by atoms with van der Waals surface area (Å²) in [5.41, 5.74) is -8.72. The summed E-state index contributed by atoms with van der Waals surface area (Å²) in [4.78, 5) is 17.5. The average Bonchev–Trinajstić information content (AvgIpc) is 3.08. The van der Waals surface area contributed by atoms with Crippen LogP contribution in [0.2, 0.25) is 0 Å². The Labute approximate surface area is 239 Å². The Bertz CT molecular complexity index is 1550. The lowest BCUT2D eigenvalue weighted by Crippen LogP contribution is -2.60. The second-order valence-electron chi connectivity index (χ2n) is 10.3. The van der Waals surface area contributed by atoms with Crippen LogP contribution in [-0.4, -0.2) is 55.9 Å². The first-order chi connectivity index (χ1) is 19.7. The first-order valence-corrected chi connectivity index (χ1v) is 14.5. The zero-order chi connectivity index (χ0) is 32.1. The number of hydrogen-bond donors (Lipinski definition) is 1. The molecule has 2 aliphatic rings. The number of oxime groups is 1. The summed E-state index contributed by atoms with van der Waals surface area (Å²) >= 11 is 0. The van der Waals surface area contributed by atoms with Gasteiger partial charge in [-0.2, -0.15) is 30.6 Å². The van der Waals surface area contributed by atoms with Gasteiger partial charge in [0.15, 0.2) is 0 Å². The van der Waals surface area contributed by atoms with Gasteiger partial charge in [-0.15, -0.1) is 0 Å². The Hall–Kier alpha value is -3.34. The average molecular weight is 646 g/mol. The highest BCUT2D eigenvalue weighted by Gasteiger charge is 2.61. The van der Waals surface area contributed by atoms with Crippen molar-refractivity contribution in [1.82, 2.24) is 9.62 Å². The molecule has 1 amide bonds. The fraction of sp³-hybridized carbons (Fsp3) is 0.462. The van der Waals surface area contributed by atoms with Crippen LogP contribution in [0, 0.1) is 12.7 Å². The lowest BCUT2D eigenvalue weighted by molar-refractivity contribution is -0.288. The Kier molecular flexibility index (Phi) is 8.56. The van der Waals surface area contributed by atoms with Gasteiger partial charge >= 0.3 is 12.4 Å². The summed E-state index contributed by atoms with van der Waals surface area (Å²) in [7, 11) is -3.40. The zero-order valence-electron chi connectivity index (χ0n) is 22.4. The van der Waals surface area contributed by atoms with Crippen LogP contribution in [0.4, 0.5) is 39.5 Å². The van der Waals surface area contributed by atoms with Crippen LogP contribution in [0.3, 0.4) is 0 Å². The van der Waals surface area contributed by atoms with Gasteiger partial charge < -0.3 is 10.2 Å².